The van der Waals surface area contributed by atoms with Gasteiger partial charge in [0, 0.05) is 0 Å². The van der Waals surface area contributed by atoms with Gasteiger partial charge >= 0.3 is 0 Å². The van der Waals surface area contributed by atoms with E-state index in [-0.39, 0.29) is 24.3 Å². The summed E-state index contributed by atoms with van der Waals surface area (Å²) in [6, 6.07) is 16.7. The third-order valence-electron chi connectivity index (χ3n) is 5.29. The van der Waals surface area contributed by atoms with Crippen molar-refractivity contribution < 1.29 is 19.1 Å². The second kappa shape index (κ2) is 11.7. The molecule has 0 spiro atoms. The van der Waals surface area contributed by atoms with E-state index < -0.39 is 0 Å². The Hall–Kier alpha value is -2.45. The Morgan fingerprint density at radius 2 is 1.81 bits per heavy atom. The van der Waals surface area contributed by atoms with Gasteiger partial charge in [-0.25, -0.2) is 0 Å². The Bertz CT molecular complexity index is 1360. The molecule has 0 unspecified atom stereocenters. The molecule has 1 aliphatic heterocycles. The smallest absolute Gasteiger partial charge is 0.293 e. The first-order valence-corrected chi connectivity index (χ1v) is 13.5. The average Bonchev–Trinajstić information content (AvgIpc) is 3.08. The van der Waals surface area contributed by atoms with Crippen LogP contribution in [0.3, 0.4) is 0 Å². The zero-order chi connectivity index (χ0) is 25.8. The van der Waals surface area contributed by atoms with E-state index in [0.29, 0.717) is 43.1 Å². The lowest BCUT2D eigenvalue weighted by atomic mass is 10.1. The standard InChI is InChI=1S/C27H22BrCl2NO4S/c1-3-34-23-12-19(10-20(28)25(23)35-15-18-7-8-21(29)22(30)11-18)13-24-26(32)31(27(33)36-24)14-17-6-4-5-16(2)9-17/h4-13H,3,14-15H2,1-2H3/b24-13+. The van der Waals surface area contributed by atoms with Gasteiger partial charge in [-0.1, -0.05) is 59.1 Å². The zero-order valence-electron chi connectivity index (χ0n) is 19.5. The third kappa shape index (κ3) is 6.27. The van der Waals surface area contributed by atoms with Crippen LogP contribution in [0.4, 0.5) is 4.79 Å². The fraction of sp³-hybridized carbons (Fsp3) is 0.185. The molecule has 1 saturated heterocycles. The Balaban J connectivity index is 1.55. The van der Waals surface area contributed by atoms with Crippen LogP contribution in [0.25, 0.3) is 6.08 Å². The van der Waals surface area contributed by atoms with Crippen molar-refractivity contribution in [3.8, 4) is 11.5 Å². The minimum atomic E-state index is -0.319. The van der Waals surface area contributed by atoms with Gasteiger partial charge in [-0.05, 0) is 88.6 Å². The summed E-state index contributed by atoms with van der Waals surface area (Å²) >= 11 is 16.6. The van der Waals surface area contributed by atoms with E-state index in [1.165, 1.54) is 4.90 Å². The summed E-state index contributed by atoms with van der Waals surface area (Å²) < 4.78 is 12.5. The van der Waals surface area contributed by atoms with Gasteiger partial charge in [0.15, 0.2) is 11.5 Å². The van der Waals surface area contributed by atoms with E-state index in [0.717, 1.165) is 28.5 Å². The molecule has 9 heteroatoms. The number of carbonyl (C=O) groups is 2. The third-order valence-corrected chi connectivity index (χ3v) is 7.53. The van der Waals surface area contributed by atoms with Crippen molar-refractivity contribution in [2.24, 2.45) is 0 Å². The van der Waals surface area contributed by atoms with Gasteiger partial charge in [-0.3, -0.25) is 14.5 Å². The number of aryl methyl sites for hydroxylation is 1. The van der Waals surface area contributed by atoms with E-state index in [1.807, 2.05) is 50.2 Å². The number of amides is 2. The maximum absolute atomic E-state index is 13.0. The predicted molar refractivity (Wildman–Crippen MR) is 149 cm³/mol. The van der Waals surface area contributed by atoms with Gasteiger partial charge in [0.1, 0.15) is 6.61 Å². The van der Waals surface area contributed by atoms with Crippen LogP contribution >= 0.6 is 50.9 Å². The van der Waals surface area contributed by atoms with Crippen LogP contribution in [0, 0.1) is 6.92 Å². The van der Waals surface area contributed by atoms with Gasteiger partial charge in [0.25, 0.3) is 11.1 Å². The van der Waals surface area contributed by atoms with E-state index in [1.54, 1.807) is 24.3 Å². The Morgan fingerprint density at radius 1 is 1.00 bits per heavy atom. The molecule has 1 fully saturated rings. The lowest BCUT2D eigenvalue weighted by Gasteiger charge is -2.15. The average molecular weight is 607 g/mol. The SMILES string of the molecule is CCOc1cc(/C=C2/SC(=O)N(Cc3cccc(C)c3)C2=O)cc(Br)c1OCc1ccc(Cl)c(Cl)c1. The molecule has 3 aromatic rings. The number of ether oxygens (including phenoxy) is 2. The zero-order valence-corrected chi connectivity index (χ0v) is 23.4. The normalized spacial score (nSPS) is 14.6. The maximum atomic E-state index is 13.0. The van der Waals surface area contributed by atoms with Crippen LogP contribution < -0.4 is 9.47 Å². The highest BCUT2D eigenvalue weighted by Crippen LogP contribution is 2.40. The maximum Gasteiger partial charge on any atom is 0.293 e. The highest BCUT2D eigenvalue weighted by Gasteiger charge is 2.35. The number of hydrogen-bond acceptors (Lipinski definition) is 5. The molecule has 2 amide bonds. The molecular weight excluding hydrogens is 585 g/mol. The molecule has 0 radical (unpaired) electrons. The van der Waals surface area contributed by atoms with Gasteiger partial charge in [-0.2, -0.15) is 0 Å². The summed E-state index contributed by atoms with van der Waals surface area (Å²) in [4.78, 5) is 27.2. The Labute approximate surface area is 232 Å². The van der Waals surface area contributed by atoms with Gasteiger partial charge in [0.05, 0.1) is 32.6 Å². The first-order chi connectivity index (χ1) is 17.2. The molecule has 4 rings (SSSR count). The first-order valence-electron chi connectivity index (χ1n) is 11.1. The topological polar surface area (TPSA) is 55.8 Å². The summed E-state index contributed by atoms with van der Waals surface area (Å²) in [7, 11) is 0. The molecule has 3 aromatic carbocycles. The van der Waals surface area contributed by atoms with Crippen LogP contribution in [-0.2, 0) is 17.9 Å². The molecule has 0 atom stereocenters. The lowest BCUT2D eigenvalue weighted by Crippen LogP contribution is -2.27. The van der Waals surface area contributed by atoms with Crippen molar-refractivity contribution in [3.63, 3.8) is 0 Å². The van der Waals surface area contributed by atoms with Crippen LogP contribution in [0.1, 0.15) is 29.2 Å². The molecule has 5 nitrogen and oxygen atoms in total. The summed E-state index contributed by atoms with van der Waals surface area (Å²) in [5, 5.41) is 0.635. The molecule has 0 saturated carbocycles. The summed E-state index contributed by atoms with van der Waals surface area (Å²) in [6.07, 6.45) is 1.69. The summed E-state index contributed by atoms with van der Waals surface area (Å²) in [5.74, 6) is 0.713. The van der Waals surface area contributed by atoms with E-state index in [9.17, 15) is 9.59 Å². The lowest BCUT2D eigenvalue weighted by molar-refractivity contribution is -0.123. The number of carbonyl (C=O) groups excluding carboxylic acids is 2. The summed E-state index contributed by atoms with van der Waals surface area (Å²) in [5.41, 5.74) is 3.53. The van der Waals surface area contributed by atoms with Crippen molar-refractivity contribution >= 4 is 68.1 Å². The molecule has 1 aliphatic rings. The minimum absolute atomic E-state index is 0.235. The molecule has 0 N–H and O–H groups in total. The van der Waals surface area contributed by atoms with Crippen molar-refractivity contribution in [2.45, 2.75) is 27.0 Å². The molecule has 0 bridgehead atoms. The fourth-order valence-electron chi connectivity index (χ4n) is 3.64. The van der Waals surface area contributed by atoms with Crippen LogP contribution in [0.2, 0.25) is 10.0 Å². The van der Waals surface area contributed by atoms with Crippen molar-refractivity contribution in [1.82, 2.24) is 4.90 Å². The highest BCUT2D eigenvalue weighted by molar-refractivity contribution is 9.10. The number of rotatable bonds is 8. The molecule has 36 heavy (non-hydrogen) atoms. The van der Waals surface area contributed by atoms with Gasteiger partial charge in [0.2, 0.25) is 0 Å². The number of hydrogen-bond donors (Lipinski definition) is 0. The second-order valence-corrected chi connectivity index (χ2v) is 10.7. The Kier molecular flexibility index (Phi) is 8.67. The molecule has 0 aliphatic carbocycles. The van der Waals surface area contributed by atoms with E-state index in [2.05, 4.69) is 15.9 Å². The fourth-order valence-corrected chi connectivity index (χ4v) is 5.37. The Morgan fingerprint density at radius 3 is 2.53 bits per heavy atom. The molecule has 1 heterocycles. The van der Waals surface area contributed by atoms with E-state index >= 15 is 0 Å². The van der Waals surface area contributed by atoms with Crippen molar-refractivity contribution in [3.05, 3.63) is 96.3 Å². The number of imide groups is 1. The largest absolute Gasteiger partial charge is 0.490 e. The number of halogens is 3. The van der Waals surface area contributed by atoms with Crippen LogP contribution in [0.15, 0.2) is 64.0 Å². The number of thioether (sulfide) groups is 1. The highest BCUT2D eigenvalue weighted by atomic mass is 79.9. The minimum Gasteiger partial charge on any atom is -0.490 e. The monoisotopic (exact) mass is 605 g/mol. The number of nitrogens with zero attached hydrogens (tertiary/aromatic N) is 1. The van der Waals surface area contributed by atoms with Crippen molar-refractivity contribution in [1.29, 1.82) is 0 Å². The summed E-state index contributed by atoms with van der Waals surface area (Å²) in [6.45, 7) is 4.76. The predicted octanol–water partition coefficient (Wildman–Crippen LogP) is 8.28. The van der Waals surface area contributed by atoms with Crippen LogP contribution in [0.5, 0.6) is 11.5 Å². The van der Waals surface area contributed by atoms with Crippen molar-refractivity contribution in [2.75, 3.05) is 6.61 Å². The first kappa shape index (κ1) is 26.6. The molecule has 0 aromatic heterocycles. The molecular formula is C27H22BrCl2NO4S. The van der Waals surface area contributed by atoms with Gasteiger partial charge in [-0.15, -0.1) is 0 Å². The molecule has 186 valence electrons. The quantitative estimate of drug-likeness (QED) is 0.241. The van der Waals surface area contributed by atoms with Crippen LogP contribution in [-0.4, -0.2) is 22.7 Å². The number of benzene rings is 3. The van der Waals surface area contributed by atoms with E-state index in [4.69, 9.17) is 32.7 Å². The second-order valence-electron chi connectivity index (χ2n) is 8.06. The van der Waals surface area contributed by atoms with Gasteiger partial charge < -0.3 is 9.47 Å².